The Morgan fingerprint density at radius 2 is 2.00 bits per heavy atom. The highest BCUT2D eigenvalue weighted by molar-refractivity contribution is 5.93. The summed E-state index contributed by atoms with van der Waals surface area (Å²) in [4.78, 5) is 21.2. The Hall–Kier alpha value is -2.69. The number of hydrogen-bond donors (Lipinski definition) is 2. The third-order valence-corrected chi connectivity index (χ3v) is 3.43. The van der Waals surface area contributed by atoms with Gasteiger partial charge in [-0.05, 0) is 12.3 Å². The number of nitrogens with zero attached hydrogens (tertiary/aromatic N) is 2. The van der Waals surface area contributed by atoms with Crippen molar-refractivity contribution in [2.45, 2.75) is 20.3 Å². The van der Waals surface area contributed by atoms with Gasteiger partial charge in [0.05, 0.1) is 0 Å². The molecule has 0 spiro atoms. The van der Waals surface area contributed by atoms with Crippen LogP contribution in [0.5, 0.6) is 0 Å². The molecule has 0 unspecified atom stereocenters. The van der Waals surface area contributed by atoms with E-state index in [2.05, 4.69) is 41.0 Å². The Morgan fingerprint density at radius 3 is 2.67 bits per heavy atom. The van der Waals surface area contributed by atoms with Crippen molar-refractivity contribution in [3.63, 3.8) is 0 Å². The number of carbonyl (C=O) groups excluding carboxylic acids is 1. The molecule has 0 saturated heterocycles. The molecule has 1 aromatic carbocycles. The first-order chi connectivity index (χ1) is 11.6. The van der Waals surface area contributed by atoms with Crippen LogP contribution in [0.2, 0.25) is 0 Å². The highest BCUT2D eigenvalue weighted by Crippen LogP contribution is 2.18. The molecule has 0 aliphatic heterocycles. The largest absolute Gasteiger partial charge is 0.370 e. The van der Waals surface area contributed by atoms with Gasteiger partial charge in [0.15, 0.2) is 5.82 Å². The summed E-state index contributed by atoms with van der Waals surface area (Å²) in [6.07, 6.45) is 2.67. The number of benzene rings is 1. The molecule has 1 amide bonds. The summed E-state index contributed by atoms with van der Waals surface area (Å²) in [6.45, 7) is 9.15. The van der Waals surface area contributed by atoms with Crippen molar-refractivity contribution < 1.29 is 4.79 Å². The van der Waals surface area contributed by atoms with Gasteiger partial charge in [0.25, 0.3) is 5.91 Å². The van der Waals surface area contributed by atoms with Crippen LogP contribution >= 0.6 is 0 Å². The number of hydrogen-bond acceptors (Lipinski definition) is 4. The minimum atomic E-state index is -0.235. The lowest BCUT2D eigenvalue weighted by molar-refractivity contribution is 0.0953. The van der Waals surface area contributed by atoms with Gasteiger partial charge in [0, 0.05) is 24.7 Å². The van der Waals surface area contributed by atoms with Crippen LogP contribution in [0.15, 0.2) is 49.1 Å². The molecule has 0 aliphatic rings. The quantitative estimate of drug-likeness (QED) is 0.729. The first kappa shape index (κ1) is 17.7. The van der Waals surface area contributed by atoms with E-state index in [1.165, 1.54) is 0 Å². The van der Waals surface area contributed by atoms with E-state index in [1.54, 1.807) is 12.1 Å². The zero-order chi connectivity index (χ0) is 17.4. The monoisotopic (exact) mass is 324 g/mol. The summed E-state index contributed by atoms with van der Waals surface area (Å²) >= 11 is 0. The Morgan fingerprint density at radius 1 is 1.25 bits per heavy atom. The summed E-state index contributed by atoms with van der Waals surface area (Å²) in [5, 5.41) is 6.04. The molecule has 0 atom stereocenters. The summed E-state index contributed by atoms with van der Waals surface area (Å²) in [5.74, 6) is 1.56. The summed E-state index contributed by atoms with van der Waals surface area (Å²) < 4.78 is 0. The molecule has 1 heterocycles. The molecule has 2 rings (SSSR count). The molecule has 0 saturated carbocycles. The SMILES string of the molecule is C=CCNC(=O)c1cc(NCCC(C)C)nc(-c2ccccc2)n1. The Labute approximate surface area is 143 Å². The van der Waals surface area contributed by atoms with E-state index in [0.717, 1.165) is 18.5 Å². The second kappa shape index (κ2) is 8.82. The van der Waals surface area contributed by atoms with Gasteiger partial charge in [0.1, 0.15) is 11.5 Å². The Balaban J connectivity index is 2.28. The Bertz CT molecular complexity index is 683. The number of rotatable bonds is 8. The van der Waals surface area contributed by atoms with Crippen molar-refractivity contribution >= 4 is 11.7 Å². The molecular weight excluding hydrogens is 300 g/mol. The molecule has 5 heteroatoms. The van der Waals surface area contributed by atoms with Crippen LogP contribution in [-0.4, -0.2) is 29.0 Å². The van der Waals surface area contributed by atoms with Crippen molar-refractivity contribution in [1.29, 1.82) is 0 Å². The van der Waals surface area contributed by atoms with Crippen LogP contribution in [0.3, 0.4) is 0 Å². The second-order valence-electron chi connectivity index (χ2n) is 5.94. The van der Waals surface area contributed by atoms with Crippen LogP contribution in [0.25, 0.3) is 11.4 Å². The number of anilines is 1. The molecule has 1 aromatic heterocycles. The van der Waals surface area contributed by atoms with Crippen molar-refractivity contribution in [2.75, 3.05) is 18.4 Å². The van der Waals surface area contributed by atoms with Crippen LogP contribution in [-0.2, 0) is 0 Å². The molecule has 2 aromatic rings. The highest BCUT2D eigenvalue weighted by atomic mass is 16.1. The van der Waals surface area contributed by atoms with Crippen LogP contribution in [0.4, 0.5) is 5.82 Å². The van der Waals surface area contributed by atoms with Gasteiger partial charge in [-0.1, -0.05) is 50.3 Å². The molecule has 0 bridgehead atoms. The predicted molar refractivity (Wildman–Crippen MR) is 97.9 cm³/mol. The van der Waals surface area contributed by atoms with E-state index in [9.17, 15) is 4.79 Å². The van der Waals surface area contributed by atoms with E-state index in [-0.39, 0.29) is 5.91 Å². The second-order valence-corrected chi connectivity index (χ2v) is 5.94. The smallest absolute Gasteiger partial charge is 0.270 e. The minimum absolute atomic E-state index is 0.235. The standard InChI is InChI=1S/C19H24N4O/c1-4-11-21-19(24)16-13-17(20-12-10-14(2)3)23-18(22-16)15-8-6-5-7-9-15/h4-9,13-14H,1,10-12H2,2-3H3,(H,21,24)(H,20,22,23). The molecular formula is C19H24N4O. The van der Waals surface area contributed by atoms with Crippen molar-refractivity contribution in [3.8, 4) is 11.4 Å². The van der Waals surface area contributed by atoms with E-state index in [4.69, 9.17) is 0 Å². The fourth-order valence-electron chi connectivity index (χ4n) is 2.11. The van der Waals surface area contributed by atoms with E-state index in [1.807, 2.05) is 30.3 Å². The zero-order valence-electron chi connectivity index (χ0n) is 14.2. The topological polar surface area (TPSA) is 66.9 Å². The van der Waals surface area contributed by atoms with Gasteiger partial charge in [0.2, 0.25) is 0 Å². The first-order valence-corrected chi connectivity index (χ1v) is 8.17. The average Bonchev–Trinajstić information content (AvgIpc) is 2.60. The van der Waals surface area contributed by atoms with Crippen LogP contribution < -0.4 is 10.6 Å². The molecule has 126 valence electrons. The summed E-state index contributed by atoms with van der Waals surface area (Å²) in [6, 6.07) is 11.3. The maximum Gasteiger partial charge on any atom is 0.270 e. The molecule has 5 nitrogen and oxygen atoms in total. The van der Waals surface area contributed by atoms with Gasteiger partial charge in [-0.25, -0.2) is 9.97 Å². The maximum atomic E-state index is 12.2. The fraction of sp³-hybridized carbons (Fsp3) is 0.316. The molecule has 0 aliphatic carbocycles. The highest BCUT2D eigenvalue weighted by Gasteiger charge is 2.12. The predicted octanol–water partition coefficient (Wildman–Crippen LogP) is 3.52. The maximum absolute atomic E-state index is 12.2. The van der Waals surface area contributed by atoms with Gasteiger partial charge < -0.3 is 10.6 Å². The van der Waals surface area contributed by atoms with Crippen molar-refractivity contribution in [1.82, 2.24) is 15.3 Å². The third kappa shape index (κ3) is 5.19. The molecule has 0 fully saturated rings. The minimum Gasteiger partial charge on any atom is -0.370 e. The van der Waals surface area contributed by atoms with Crippen LogP contribution in [0, 0.1) is 5.92 Å². The Kier molecular flexibility index (Phi) is 6.49. The van der Waals surface area contributed by atoms with Gasteiger partial charge in [-0.2, -0.15) is 0 Å². The number of carbonyl (C=O) groups is 1. The van der Waals surface area contributed by atoms with Crippen molar-refractivity contribution in [3.05, 3.63) is 54.7 Å². The van der Waals surface area contributed by atoms with Crippen molar-refractivity contribution in [2.24, 2.45) is 5.92 Å². The first-order valence-electron chi connectivity index (χ1n) is 8.17. The van der Waals surface area contributed by atoms with E-state index in [0.29, 0.717) is 29.8 Å². The van der Waals surface area contributed by atoms with Gasteiger partial charge >= 0.3 is 0 Å². The molecule has 2 N–H and O–H groups in total. The van der Waals surface area contributed by atoms with Gasteiger partial charge in [-0.15, -0.1) is 6.58 Å². The molecule has 0 radical (unpaired) electrons. The van der Waals surface area contributed by atoms with Crippen LogP contribution in [0.1, 0.15) is 30.8 Å². The lowest BCUT2D eigenvalue weighted by Gasteiger charge is -2.11. The number of amides is 1. The summed E-state index contributed by atoms with van der Waals surface area (Å²) in [5.41, 5.74) is 1.22. The molecule has 24 heavy (non-hydrogen) atoms. The zero-order valence-corrected chi connectivity index (χ0v) is 14.2. The lowest BCUT2D eigenvalue weighted by Crippen LogP contribution is -2.25. The average molecular weight is 324 g/mol. The lowest BCUT2D eigenvalue weighted by atomic mass is 10.1. The van der Waals surface area contributed by atoms with E-state index < -0.39 is 0 Å². The number of nitrogens with one attached hydrogen (secondary N) is 2. The van der Waals surface area contributed by atoms with Gasteiger partial charge in [-0.3, -0.25) is 4.79 Å². The van der Waals surface area contributed by atoms with E-state index >= 15 is 0 Å². The summed E-state index contributed by atoms with van der Waals surface area (Å²) in [7, 11) is 0. The fourth-order valence-corrected chi connectivity index (χ4v) is 2.11. The number of aromatic nitrogens is 2. The normalized spacial score (nSPS) is 10.5. The third-order valence-electron chi connectivity index (χ3n) is 3.43.